The molecule has 9 N–H and O–H groups in total. The molecule has 0 bridgehead atoms. The molecule has 0 radical (unpaired) electrons. The summed E-state index contributed by atoms with van der Waals surface area (Å²) in [6.45, 7) is 9.27. The van der Waals surface area contributed by atoms with Crippen molar-refractivity contribution in [3.05, 3.63) is 118 Å². The largest absolute Gasteiger partial charge is 0.399 e. The van der Waals surface area contributed by atoms with Gasteiger partial charge in [-0.3, -0.25) is 54.0 Å². The summed E-state index contributed by atoms with van der Waals surface area (Å²) in [6.07, 6.45) is 5.59. The van der Waals surface area contributed by atoms with Crippen LogP contribution in [0.1, 0.15) is 90.9 Å². The van der Waals surface area contributed by atoms with Gasteiger partial charge >= 0.3 is 0 Å². The number of imidazole rings is 2. The monoisotopic (exact) mass is 926 g/mol. The standard InChI is InChI=1S/C46H54N16O6/c1-6-61-36(19-27(3)55-61)43(66)53-45-51-34-22-30(40(48)64)21-32(26-68-18-10-11-38(63)57-58(5)25-29-12-14-33(47)15-13-29)39(34)59(45)16-8-9-17-60-42-35(23-31(24-50-42)41(49)65)52-46(60)54-44(67)37-20-28(4)56-62(37)7-2/h8-9,12-15,19-24H,6-7,10-11,16-18,25-26,47H2,1-5H3,(H2,48,64)(H2,49,65)(H,57,63)(H,51,53,66)(H,52,54,67)/b9-8+. The number of ether oxygens (including phenoxy) is 1. The number of primary amides is 2. The van der Waals surface area contributed by atoms with Crippen LogP contribution in [0, 0.1) is 13.8 Å². The number of amides is 5. The molecule has 22 nitrogen and oxygen atoms in total. The Bertz CT molecular complexity index is 3050. The van der Waals surface area contributed by atoms with Gasteiger partial charge in [0.2, 0.25) is 29.6 Å². The van der Waals surface area contributed by atoms with Gasteiger partial charge in [0.1, 0.15) is 16.9 Å². The summed E-state index contributed by atoms with van der Waals surface area (Å²) in [6, 6.07) is 15.4. The molecule has 0 spiro atoms. The van der Waals surface area contributed by atoms with E-state index in [1.54, 1.807) is 80.8 Å². The highest BCUT2D eigenvalue weighted by molar-refractivity contribution is 6.04. The molecule has 7 rings (SSSR count). The average molecular weight is 927 g/mol. The molecule has 5 heterocycles. The van der Waals surface area contributed by atoms with E-state index in [1.165, 1.54) is 12.3 Å². The number of aromatic nitrogens is 9. The van der Waals surface area contributed by atoms with Crippen LogP contribution in [-0.2, 0) is 48.9 Å². The summed E-state index contributed by atoms with van der Waals surface area (Å²) in [5, 5.41) is 16.3. The Morgan fingerprint density at radius 3 is 1.94 bits per heavy atom. The third kappa shape index (κ3) is 11.1. The van der Waals surface area contributed by atoms with Gasteiger partial charge < -0.3 is 26.5 Å². The van der Waals surface area contributed by atoms with Crippen LogP contribution >= 0.6 is 0 Å². The molecule has 0 aliphatic rings. The first kappa shape index (κ1) is 47.7. The van der Waals surface area contributed by atoms with Gasteiger partial charge in [0, 0.05) is 75.8 Å². The molecule has 7 aromatic rings. The van der Waals surface area contributed by atoms with E-state index in [9.17, 15) is 24.0 Å². The molecule has 0 saturated carbocycles. The fourth-order valence-electron chi connectivity index (χ4n) is 7.65. The van der Waals surface area contributed by atoms with Crippen molar-refractivity contribution >= 4 is 69.3 Å². The first-order chi connectivity index (χ1) is 32.6. The van der Waals surface area contributed by atoms with Gasteiger partial charge in [-0.25, -0.2) is 20.0 Å². The molecule has 0 atom stereocenters. The van der Waals surface area contributed by atoms with Crippen LogP contribution in [0.5, 0.6) is 0 Å². The normalized spacial score (nSPS) is 11.6. The lowest BCUT2D eigenvalue weighted by Crippen LogP contribution is -2.38. The smallest absolute Gasteiger partial charge is 0.276 e. The van der Waals surface area contributed by atoms with Crippen LogP contribution in [-0.4, -0.2) is 91.8 Å². The highest BCUT2D eigenvalue weighted by Crippen LogP contribution is 2.28. The zero-order valence-electron chi connectivity index (χ0n) is 38.4. The highest BCUT2D eigenvalue weighted by Gasteiger charge is 2.23. The van der Waals surface area contributed by atoms with Gasteiger partial charge in [0.25, 0.3) is 11.8 Å². The van der Waals surface area contributed by atoms with Crippen molar-refractivity contribution in [2.45, 2.75) is 79.9 Å². The summed E-state index contributed by atoms with van der Waals surface area (Å²) in [5.41, 5.74) is 26.1. The Hall–Kier alpha value is -8.24. The number of carbonyl (C=O) groups excluding carboxylic acids is 5. The number of carbonyl (C=O) groups is 5. The molecule has 5 aromatic heterocycles. The molecular formula is C46H54N16O6. The van der Waals surface area contributed by atoms with Gasteiger partial charge in [-0.05, 0) is 82.1 Å². The molecule has 0 fully saturated rings. The van der Waals surface area contributed by atoms with E-state index in [4.69, 9.17) is 26.9 Å². The topological polar surface area (TPSA) is 296 Å². The van der Waals surface area contributed by atoms with E-state index in [0.29, 0.717) is 82.3 Å². The Morgan fingerprint density at radius 1 is 0.765 bits per heavy atom. The van der Waals surface area contributed by atoms with Crippen molar-refractivity contribution < 1.29 is 28.7 Å². The molecule has 0 unspecified atom stereocenters. The van der Waals surface area contributed by atoms with Crippen molar-refractivity contribution in [1.29, 1.82) is 0 Å². The average Bonchev–Trinajstić information content (AvgIpc) is 4.07. The highest BCUT2D eigenvalue weighted by atomic mass is 16.5. The number of nitrogens with two attached hydrogens (primary N) is 3. The van der Waals surface area contributed by atoms with Crippen molar-refractivity contribution in [2.24, 2.45) is 11.5 Å². The van der Waals surface area contributed by atoms with E-state index in [-0.39, 0.29) is 61.7 Å². The Kier molecular flexibility index (Phi) is 14.7. The second kappa shape index (κ2) is 20.9. The number of allylic oxidation sites excluding steroid dienone is 2. The minimum Gasteiger partial charge on any atom is -0.399 e. The molecule has 2 aromatic carbocycles. The molecule has 68 heavy (non-hydrogen) atoms. The van der Waals surface area contributed by atoms with Crippen LogP contribution in [0.3, 0.4) is 0 Å². The third-order valence-electron chi connectivity index (χ3n) is 10.8. The van der Waals surface area contributed by atoms with Crippen LogP contribution in [0.25, 0.3) is 22.2 Å². The maximum Gasteiger partial charge on any atom is 0.276 e. The van der Waals surface area contributed by atoms with Crippen molar-refractivity contribution in [3.8, 4) is 0 Å². The van der Waals surface area contributed by atoms with Crippen molar-refractivity contribution in [3.63, 3.8) is 0 Å². The lowest BCUT2D eigenvalue weighted by molar-refractivity contribution is -0.125. The summed E-state index contributed by atoms with van der Waals surface area (Å²) >= 11 is 0. The zero-order chi connectivity index (χ0) is 48.6. The number of rotatable bonds is 21. The van der Waals surface area contributed by atoms with Gasteiger partial charge in [0.15, 0.2) is 5.65 Å². The van der Waals surface area contributed by atoms with Crippen LogP contribution in [0.15, 0.2) is 72.9 Å². The van der Waals surface area contributed by atoms with Gasteiger partial charge in [0.05, 0.1) is 34.6 Å². The molecule has 0 saturated heterocycles. The maximum absolute atomic E-state index is 13.8. The maximum atomic E-state index is 13.8. The molecular weight excluding hydrogens is 873 g/mol. The van der Waals surface area contributed by atoms with Crippen molar-refractivity contribution in [2.75, 3.05) is 30.0 Å². The Labute approximate surface area is 390 Å². The number of aryl methyl sites for hydroxylation is 4. The minimum absolute atomic E-state index is 0.0143. The number of anilines is 3. The second-order valence-electron chi connectivity index (χ2n) is 16.0. The molecule has 354 valence electrons. The summed E-state index contributed by atoms with van der Waals surface area (Å²) < 4.78 is 12.7. The number of benzene rings is 2. The van der Waals surface area contributed by atoms with Gasteiger partial charge in [-0.2, -0.15) is 10.2 Å². The third-order valence-corrected chi connectivity index (χ3v) is 10.8. The number of hydrogen-bond donors (Lipinski definition) is 6. The van der Waals surface area contributed by atoms with E-state index >= 15 is 0 Å². The number of hydrazine groups is 1. The predicted octanol–water partition coefficient (Wildman–Crippen LogP) is 3.83. The van der Waals surface area contributed by atoms with Gasteiger partial charge in [-0.15, -0.1) is 0 Å². The first-order valence-corrected chi connectivity index (χ1v) is 21.9. The molecule has 0 aliphatic heterocycles. The fraction of sp³-hybridized carbons (Fsp3) is 0.304. The molecule has 0 aliphatic carbocycles. The second-order valence-corrected chi connectivity index (χ2v) is 16.0. The molecule has 5 amide bonds. The molecule has 22 heteroatoms. The number of hydrogen-bond acceptors (Lipinski definition) is 13. The number of nitrogens with zero attached hydrogens (tertiary/aromatic N) is 10. The quantitative estimate of drug-likeness (QED) is 0.0259. The van der Waals surface area contributed by atoms with Crippen molar-refractivity contribution in [1.82, 2.24) is 54.1 Å². The number of pyridine rings is 1. The zero-order valence-corrected chi connectivity index (χ0v) is 38.4. The fourth-order valence-corrected chi connectivity index (χ4v) is 7.65. The Morgan fingerprint density at radius 2 is 1.34 bits per heavy atom. The van der Waals surface area contributed by atoms with E-state index in [0.717, 1.165) is 5.56 Å². The van der Waals surface area contributed by atoms with E-state index in [2.05, 4.69) is 36.2 Å². The first-order valence-electron chi connectivity index (χ1n) is 21.9. The number of nitrogen functional groups attached to an aromatic ring is 1. The summed E-state index contributed by atoms with van der Waals surface area (Å²) in [4.78, 5) is 78.7. The SMILES string of the molecule is CCn1nc(C)cc1C(=O)Nc1nc2cc(C(N)=O)cnc2n1C/C=C/Cn1c(NC(=O)c2cc(C)nn2CC)nc2cc(C(N)=O)cc(COCCCC(=O)NN(C)Cc3ccc(N)cc3)c21. The predicted molar refractivity (Wildman–Crippen MR) is 254 cm³/mol. The van der Waals surface area contributed by atoms with Gasteiger partial charge in [-0.1, -0.05) is 24.3 Å². The number of fused-ring (bicyclic) bond motifs is 2. The van der Waals surface area contributed by atoms with E-state index in [1.807, 2.05) is 38.1 Å². The van der Waals surface area contributed by atoms with Crippen LogP contribution < -0.4 is 33.3 Å². The number of nitrogens with one attached hydrogen (secondary N) is 3. The Balaban J connectivity index is 1.15. The van der Waals surface area contributed by atoms with Crippen LogP contribution in [0.2, 0.25) is 0 Å². The lowest BCUT2D eigenvalue weighted by atomic mass is 10.1. The summed E-state index contributed by atoms with van der Waals surface area (Å²) in [5.74, 6) is -2.12. The minimum atomic E-state index is -0.684. The van der Waals surface area contributed by atoms with Crippen LogP contribution in [0.4, 0.5) is 17.6 Å². The van der Waals surface area contributed by atoms with E-state index < -0.39 is 23.6 Å². The lowest BCUT2D eigenvalue weighted by Gasteiger charge is -2.18. The summed E-state index contributed by atoms with van der Waals surface area (Å²) in [7, 11) is 1.78.